The van der Waals surface area contributed by atoms with Gasteiger partial charge in [-0.05, 0) is 26.3 Å². The van der Waals surface area contributed by atoms with E-state index in [9.17, 15) is 18.0 Å². The molecule has 0 aliphatic rings. The molecule has 0 heterocycles. The lowest BCUT2D eigenvalue weighted by molar-refractivity contribution is 0.0906. The maximum absolute atomic E-state index is 13.5. The predicted molar refractivity (Wildman–Crippen MR) is 67.9 cm³/mol. The molecule has 0 radical (unpaired) electrons. The number of phenols is 1. The summed E-state index contributed by atoms with van der Waals surface area (Å²) in [6.45, 7) is 3.40. The number of amides is 1. The third-order valence-corrected chi connectivity index (χ3v) is 2.95. The van der Waals surface area contributed by atoms with Crippen LogP contribution >= 0.6 is 15.9 Å². The van der Waals surface area contributed by atoms with E-state index in [1.165, 1.54) is 0 Å². The second kappa shape index (κ2) is 5.81. The fraction of sp³-hybridized carbons (Fsp3) is 0.417. The van der Waals surface area contributed by atoms with Crippen LogP contribution in [0.2, 0.25) is 0 Å². The van der Waals surface area contributed by atoms with Gasteiger partial charge in [-0.25, -0.2) is 8.78 Å². The summed E-state index contributed by atoms with van der Waals surface area (Å²) in [6, 6.07) is 0.421. The highest BCUT2D eigenvalue weighted by molar-refractivity contribution is 9.09. The molecule has 0 saturated carbocycles. The molecule has 19 heavy (non-hydrogen) atoms. The van der Waals surface area contributed by atoms with E-state index in [-0.39, 0.29) is 0 Å². The molecule has 106 valence electrons. The SMILES string of the molecule is CC(C)(CCBr)NC(=O)c1cc(F)c(F)c(O)c1F. The Kier molecular flexibility index (Phi) is 4.84. The van der Waals surface area contributed by atoms with E-state index in [0.29, 0.717) is 17.8 Å². The summed E-state index contributed by atoms with van der Waals surface area (Å²) >= 11 is 3.20. The topological polar surface area (TPSA) is 49.3 Å². The minimum atomic E-state index is -1.71. The quantitative estimate of drug-likeness (QED) is 0.654. The number of halogens is 4. The van der Waals surface area contributed by atoms with Crippen molar-refractivity contribution in [3.05, 3.63) is 29.1 Å². The fourth-order valence-electron chi connectivity index (χ4n) is 1.43. The van der Waals surface area contributed by atoms with Crippen molar-refractivity contribution < 1.29 is 23.1 Å². The van der Waals surface area contributed by atoms with E-state index in [1.54, 1.807) is 13.8 Å². The standard InChI is InChI=1S/C12H13BrF3NO2/c1-12(2,3-4-13)17-11(19)6-5-7(14)9(16)10(18)8(6)15/h5,18H,3-4H2,1-2H3,(H,17,19). The maximum atomic E-state index is 13.5. The zero-order valence-electron chi connectivity index (χ0n) is 10.4. The van der Waals surface area contributed by atoms with Crippen LogP contribution in [0, 0.1) is 17.5 Å². The van der Waals surface area contributed by atoms with Crippen LogP contribution in [0.15, 0.2) is 6.07 Å². The van der Waals surface area contributed by atoms with Crippen molar-refractivity contribution in [1.29, 1.82) is 0 Å². The Hall–Kier alpha value is -1.24. The van der Waals surface area contributed by atoms with Gasteiger partial charge in [0.2, 0.25) is 5.82 Å². The van der Waals surface area contributed by atoms with Crippen LogP contribution in [0.1, 0.15) is 30.6 Å². The monoisotopic (exact) mass is 339 g/mol. The first kappa shape index (κ1) is 15.8. The smallest absolute Gasteiger partial charge is 0.254 e. The second-order valence-electron chi connectivity index (χ2n) is 4.66. The van der Waals surface area contributed by atoms with Gasteiger partial charge in [0.25, 0.3) is 5.91 Å². The lowest BCUT2D eigenvalue weighted by Crippen LogP contribution is -2.44. The van der Waals surface area contributed by atoms with Crippen molar-refractivity contribution in [2.45, 2.75) is 25.8 Å². The Labute approximate surface area is 116 Å². The molecule has 7 heteroatoms. The third-order valence-electron chi connectivity index (χ3n) is 2.55. The van der Waals surface area contributed by atoms with Crippen LogP contribution in [0.3, 0.4) is 0 Å². The molecule has 1 amide bonds. The van der Waals surface area contributed by atoms with Crippen LogP contribution in [-0.4, -0.2) is 21.9 Å². The van der Waals surface area contributed by atoms with Crippen LogP contribution in [0.4, 0.5) is 13.2 Å². The molecule has 0 bridgehead atoms. The number of benzene rings is 1. The fourth-order valence-corrected chi connectivity index (χ4v) is 2.42. The molecule has 0 unspecified atom stereocenters. The average molecular weight is 340 g/mol. The Morgan fingerprint density at radius 3 is 2.47 bits per heavy atom. The molecule has 3 nitrogen and oxygen atoms in total. The average Bonchev–Trinajstić information content (AvgIpc) is 2.30. The van der Waals surface area contributed by atoms with Crippen LogP contribution in [0.5, 0.6) is 5.75 Å². The molecule has 1 rings (SSSR count). The number of carbonyl (C=O) groups is 1. The molecule has 1 aromatic rings. The number of hydrogen-bond donors (Lipinski definition) is 2. The largest absolute Gasteiger partial charge is 0.503 e. The molecule has 0 spiro atoms. The predicted octanol–water partition coefficient (Wildman–Crippen LogP) is 3.10. The van der Waals surface area contributed by atoms with Crippen molar-refractivity contribution in [1.82, 2.24) is 5.32 Å². The van der Waals surface area contributed by atoms with Crippen molar-refractivity contribution in [3.63, 3.8) is 0 Å². The molecular formula is C12H13BrF3NO2. The summed E-state index contributed by atoms with van der Waals surface area (Å²) < 4.78 is 39.5. The van der Waals surface area contributed by atoms with E-state index in [1.807, 2.05) is 0 Å². The number of alkyl halides is 1. The summed E-state index contributed by atoms with van der Waals surface area (Å²) in [5.74, 6) is -7.09. The van der Waals surface area contributed by atoms with Crippen molar-refractivity contribution in [2.24, 2.45) is 0 Å². The lowest BCUT2D eigenvalue weighted by atomic mass is 10.0. The van der Waals surface area contributed by atoms with E-state index in [0.717, 1.165) is 0 Å². The first-order chi connectivity index (χ1) is 8.69. The molecule has 1 aromatic carbocycles. The summed E-state index contributed by atoms with van der Waals surface area (Å²) in [5.41, 5.74) is -1.40. The lowest BCUT2D eigenvalue weighted by Gasteiger charge is -2.25. The van der Waals surface area contributed by atoms with Gasteiger partial charge < -0.3 is 10.4 Å². The van der Waals surface area contributed by atoms with Gasteiger partial charge in [0.15, 0.2) is 17.4 Å². The van der Waals surface area contributed by atoms with Gasteiger partial charge in [-0.1, -0.05) is 15.9 Å². The van der Waals surface area contributed by atoms with E-state index < -0.39 is 40.2 Å². The van der Waals surface area contributed by atoms with Crippen molar-refractivity contribution in [3.8, 4) is 5.75 Å². The van der Waals surface area contributed by atoms with E-state index in [2.05, 4.69) is 21.2 Å². The zero-order valence-corrected chi connectivity index (χ0v) is 11.9. The van der Waals surface area contributed by atoms with Crippen molar-refractivity contribution in [2.75, 3.05) is 5.33 Å². The van der Waals surface area contributed by atoms with Crippen LogP contribution in [0.25, 0.3) is 0 Å². The molecule has 0 fully saturated rings. The third kappa shape index (κ3) is 3.62. The minimum absolute atomic E-state index is 0.421. The molecule has 0 saturated heterocycles. The second-order valence-corrected chi connectivity index (χ2v) is 5.45. The van der Waals surface area contributed by atoms with Crippen molar-refractivity contribution >= 4 is 21.8 Å². The normalized spacial score (nSPS) is 11.5. The first-order valence-corrected chi connectivity index (χ1v) is 6.56. The molecule has 0 aliphatic heterocycles. The zero-order chi connectivity index (χ0) is 14.8. The Morgan fingerprint density at radius 2 is 1.95 bits per heavy atom. The van der Waals surface area contributed by atoms with E-state index in [4.69, 9.17) is 5.11 Å². The van der Waals surface area contributed by atoms with Gasteiger partial charge in [0.1, 0.15) is 0 Å². The molecular weight excluding hydrogens is 327 g/mol. The van der Waals surface area contributed by atoms with Crippen LogP contribution < -0.4 is 5.32 Å². The number of aromatic hydroxyl groups is 1. The van der Waals surface area contributed by atoms with Gasteiger partial charge >= 0.3 is 0 Å². The van der Waals surface area contributed by atoms with Gasteiger partial charge in [0.05, 0.1) is 5.56 Å². The minimum Gasteiger partial charge on any atom is -0.503 e. The highest BCUT2D eigenvalue weighted by Gasteiger charge is 2.26. The van der Waals surface area contributed by atoms with Gasteiger partial charge in [0, 0.05) is 10.9 Å². The Bertz CT molecular complexity index is 506. The number of rotatable bonds is 4. The highest BCUT2D eigenvalue weighted by Crippen LogP contribution is 2.26. The number of hydrogen-bond acceptors (Lipinski definition) is 2. The molecule has 0 aromatic heterocycles. The van der Waals surface area contributed by atoms with Gasteiger partial charge in [-0.2, -0.15) is 4.39 Å². The van der Waals surface area contributed by atoms with Gasteiger partial charge in [-0.15, -0.1) is 0 Å². The number of carbonyl (C=O) groups excluding carboxylic acids is 1. The van der Waals surface area contributed by atoms with E-state index >= 15 is 0 Å². The highest BCUT2D eigenvalue weighted by atomic mass is 79.9. The number of phenolic OH excluding ortho intramolecular Hbond substituents is 1. The summed E-state index contributed by atoms with van der Waals surface area (Å²) in [6.07, 6.45) is 0.552. The summed E-state index contributed by atoms with van der Waals surface area (Å²) in [5, 5.41) is 12.1. The maximum Gasteiger partial charge on any atom is 0.254 e. The number of nitrogens with one attached hydrogen (secondary N) is 1. The molecule has 2 N–H and O–H groups in total. The molecule has 0 aliphatic carbocycles. The first-order valence-electron chi connectivity index (χ1n) is 5.44. The summed E-state index contributed by atoms with van der Waals surface area (Å²) in [7, 11) is 0. The molecule has 0 atom stereocenters. The Morgan fingerprint density at radius 1 is 1.37 bits per heavy atom. The summed E-state index contributed by atoms with van der Waals surface area (Å²) in [4.78, 5) is 11.8. The van der Waals surface area contributed by atoms with Crippen LogP contribution in [-0.2, 0) is 0 Å². The van der Waals surface area contributed by atoms with Gasteiger partial charge in [-0.3, -0.25) is 4.79 Å². The Balaban J connectivity index is 3.08.